The number of para-hydroxylation sites is 1. The van der Waals surface area contributed by atoms with E-state index >= 15 is 0 Å². The van der Waals surface area contributed by atoms with Gasteiger partial charge in [-0.1, -0.05) is 44.2 Å². The number of halogens is 3. The van der Waals surface area contributed by atoms with Crippen LogP contribution in [0.3, 0.4) is 0 Å². The minimum absolute atomic E-state index is 0.0603. The van der Waals surface area contributed by atoms with E-state index in [0.717, 1.165) is 37.7 Å². The first-order valence-electron chi connectivity index (χ1n) is 9.87. The lowest BCUT2D eigenvalue weighted by molar-refractivity contribution is -0.137. The lowest BCUT2D eigenvalue weighted by Crippen LogP contribution is -2.23. The molecule has 1 unspecified atom stereocenters. The first-order chi connectivity index (χ1) is 14.2. The molecule has 0 spiro atoms. The lowest BCUT2D eigenvalue weighted by Gasteiger charge is -2.23. The van der Waals surface area contributed by atoms with Crippen molar-refractivity contribution < 1.29 is 18.0 Å². The van der Waals surface area contributed by atoms with Crippen molar-refractivity contribution in [2.45, 2.75) is 57.0 Å². The molecule has 0 saturated heterocycles. The van der Waals surface area contributed by atoms with E-state index in [1.165, 1.54) is 30.0 Å². The minimum Gasteiger partial charge on any atom is -0.325 e. The van der Waals surface area contributed by atoms with Crippen molar-refractivity contribution in [1.29, 1.82) is 0 Å². The van der Waals surface area contributed by atoms with Crippen molar-refractivity contribution in [3.05, 3.63) is 35.7 Å². The van der Waals surface area contributed by atoms with Gasteiger partial charge in [-0.25, -0.2) is 0 Å². The maximum Gasteiger partial charge on any atom is 0.418 e. The second kappa shape index (κ2) is 10.8. The average molecular weight is 444 g/mol. The van der Waals surface area contributed by atoms with E-state index in [0.29, 0.717) is 5.16 Å². The summed E-state index contributed by atoms with van der Waals surface area (Å²) in [4.78, 5) is 14.4. The van der Waals surface area contributed by atoms with E-state index in [2.05, 4.69) is 34.3 Å². The Kier molecular flexibility index (Phi) is 8.72. The van der Waals surface area contributed by atoms with E-state index in [-0.39, 0.29) is 17.5 Å². The van der Waals surface area contributed by atoms with Gasteiger partial charge in [-0.05, 0) is 39.1 Å². The Labute approximate surface area is 179 Å². The second-order valence-electron chi connectivity index (χ2n) is 7.11. The van der Waals surface area contributed by atoms with Crippen molar-refractivity contribution in [3.8, 4) is 0 Å². The molecule has 0 radical (unpaired) electrons. The zero-order valence-corrected chi connectivity index (χ0v) is 18.5. The van der Waals surface area contributed by atoms with Crippen molar-refractivity contribution in [2.75, 3.05) is 25.2 Å². The van der Waals surface area contributed by atoms with E-state index in [1.54, 1.807) is 0 Å². The fourth-order valence-corrected chi connectivity index (χ4v) is 3.89. The summed E-state index contributed by atoms with van der Waals surface area (Å²) >= 11 is 1.18. The fourth-order valence-electron chi connectivity index (χ4n) is 3.11. The van der Waals surface area contributed by atoms with Crippen LogP contribution in [-0.2, 0) is 17.5 Å². The molecule has 1 heterocycles. The first-order valence-corrected chi connectivity index (χ1v) is 10.9. The second-order valence-corrected chi connectivity index (χ2v) is 8.06. The van der Waals surface area contributed by atoms with Gasteiger partial charge in [0, 0.05) is 6.54 Å². The zero-order chi connectivity index (χ0) is 22.3. The van der Waals surface area contributed by atoms with Crippen molar-refractivity contribution in [1.82, 2.24) is 19.7 Å². The van der Waals surface area contributed by atoms with Gasteiger partial charge in [-0.15, -0.1) is 10.2 Å². The van der Waals surface area contributed by atoms with Gasteiger partial charge < -0.3 is 9.88 Å². The number of thioether (sulfide) groups is 1. The molecule has 1 atom stereocenters. The Hall–Kier alpha value is -2.07. The molecule has 2 aromatic rings. The van der Waals surface area contributed by atoms with Gasteiger partial charge in [0.15, 0.2) is 11.0 Å². The summed E-state index contributed by atoms with van der Waals surface area (Å²) in [6, 6.07) is 5.03. The quantitative estimate of drug-likeness (QED) is 0.533. The molecular formula is C20H28F3N5OS. The molecular weight excluding hydrogens is 415 g/mol. The van der Waals surface area contributed by atoms with Crippen LogP contribution in [-0.4, -0.2) is 45.4 Å². The van der Waals surface area contributed by atoms with Gasteiger partial charge in [0.25, 0.3) is 0 Å². The van der Waals surface area contributed by atoms with Crippen molar-refractivity contribution in [2.24, 2.45) is 0 Å². The SMILES string of the molecule is CCCCn1c(SCC(=O)Nc2ccccc2C(F)(F)F)nnc1C(CC)N(C)C. The molecule has 1 amide bonds. The monoisotopic (exact) mass is 443 g/mol. The Morgan fingerprint density at radius 2 is 1.93 bits per heavy atom. The predicted molar refractivity (Wildman–Crippen MR) is 112 cm³/mol. The molecule has 0 aliphatic heterocycles. The van der Waals surface area contributed by atoms with Crippen molar-refractivity contribution in [3.63, 3.8) is 0 Å². The summed E-state index contributed by atoms with van der Waals surface area (Å²) in [5.74, 6) is 0.249. The Morgan fingerprint density at radius 3 is 2.53 bits per heavy atom. The van der Waals surface area contributed by atoms with E-state index in [1.807, 2.05) is 18.7 Å². The van der Waals surface area contributed by atoms with E-state index < -0.39 is 17.6 Å². The number of carbonyl (C=O) groups excluding carboxylic acids is 1. The third-order valence-corrected chi connectivity index (χ3v) is 5.59. The topological polar surface area (TPSA) is 63.1 Å². The summed E-state index contributed by atoms with van der Waals surface area (Å²) in [5.41, 5.74) is -1.11. The molecule has 0 aliphatic carbocycles. The van der Waals surface area contributed by atoms with Gasteiger partial charge >= 0.3 is 6.18 Å². The molecule has 1 aromatic heterocycles. The van der Waals surface area contributed by atoms with Gasteiger partial charge in [0.05, 0.1) is 23.0 Å². The summed E-state index contributed by atoms with van der Waals surface area (Å²) < 4.78 is 41.4. The highest BCUT2D eigenvalue weighted by atomic mass is 32.2. The van der Waals surface area contributed by atoms with Crippen LogP contribution >= 0.6 is 11.8 Å². The van der Waals surface area contributed by atoms with Crippen LogP contribution in [0.5, 0.6) is 0 Å². The summed E-state index contributed by atoms with van der Waals surface area (Å²) in [7, 11) is 3.96. The molecule has 30 heavy (non-hydrogen) atoms. The van der Waals surface area contributed by atoms with Crippen molar-refractivity contribution >= 4 is 23.4 Å². The highest BCUT2D eigenvalue weighted by Gasteiger charge is 2.33. The Bertz CT molecular complexity index is 838. The van der Waals surface area contributed by atoms with Crippen LogP contribution in [0.1, 0.15) is 50.5 Å². The molecule has 166 valence electrons. The first kappa shape index (κ1) is 24.2. The number of nitrogens with one attached hydrogen (secondary N) is 1. The van der Waals surface area contributed by atoms with Gasteiger partial charge in [0.1, 0.15) is 0 Å². The summed E-state index contributed by atoms with van der Waals surface area (Å²) in [5, 5.41) is 11.5. The number of amides is 1. The number of hydrogen-bond donors (Lipinski definition) is 1. The van der Waals surface area contributed by atoms with Crippen LogP contribution < -0.4 is 5.32 Å². The molecule has 2 rings (SSSR count). The maximum atomic E-state index is 13.1. The van der Waals surface area contributed by atoms with Gasteiger partial charge in [-0.3, -0.25) is 9.69 Å². The molecule has 0 aliphatic rings. The largest absolute Gasteiger partial charge is 0.418 e. The number of unbranched alkanes of at least 4 members (excludes halogenated alkanes) is 1. The van der Waals surface area contributed by atoms with Gasteiger partial charge in [0.2, 0.25) is 5.91 Å². The molecule has 0 fully saturated rings. The summed E-state index contributed by atoms with van der Waals surface area (Å²) in [6.45, 7) is 4.89. The number of benzene rings is 1. The number of alkyl halides is 3. The Morgan fingerprint density at radius 1 is 1.23 bits per heavy atom. The lowest BCUT2D eigenvalue weighted by atomic mass is 10.1. The normalized spacial score (nSPS) is 12.9. The van der Waals surface area contributed by atoms with Gasteiger partial charge in [-0.2, -0.15) is 13.2 Å². The third-order valence-electron chi connectivity index (χ3n) is 4.63. The summed E-state index contributed by atoms with van der Waals surface area (Å²) in [6.07, 6.45) is -1.74. The number of hydrogen-bond acceptors (Lipinski definition) is 5. The smallest absolute Gasteiger partial charge is 0.325 e. The number of aromatic nitrogens is 3. The van der Waals surface area contributed by atoms with Crippen LogP contribution in [0.15, 0.2) is 29.4 Å². The molecule has 0 saturated carbocycles. The van der Waals surface area contributed by atoms with Crippen LogP contribution in [0.2, 0.25) is 0 Å². The van der Waals surface area contributed by atoms with Crippen LogP contribution in [0.4, 0.5) is 18.9 Å². The highest BCUT2D eigenvalue weighted by Crippen LogP contribution is 2.34. The standard InChI is InChI=1S/C20H28F3N5OS/c1-5-7-12-28-18(16(6-2)27(3)4)25-26-19(28)30-13-17(29)24-15-11-9-8-10-14(15)20(21,22)23/h8-11,16H,5-7,12-13H2,1-4H3,(H,24,29). The number of anilines is 1. The Balaban J connectivity index is 2.14. The van der Waals surface area contributed by atoms with E-state index in [4.69, 9.17) is 0 Å². The number of carbonyl (C=O) groups is 1. The number of rotatable bonds is 10. The minimum atomic E-state index is -4.53. The third kappa shape index (κ3) is 6.21. The molecule has 0 bridgehead atoms. The van der Waals surface area contributed by atoms with Crippen LogP contribution in [0, 0.1) is 0 Å². The molecule has 1 N–H and O–H groups in total. The fraction of sp³-hybridized carbons (Fsp3) is 0.550. The maximum absolute atomic E-state index is 13.1. The number of nitrogens with zero attached hydrogens (tertiary/aromatic N) is 4. The highest BCUT2D eigenvalue weighted by molar-refractivity contribution is 7.99. The molecule has 6 nitrogen and oxygen atoms in total. The molecule has 1 aromatic carbocycles. The molecule has 10 heteroatoms. The van der Waals surface area contributed by atoms with Crippen LogP contribution in [0.25, 0.3) is 0 Å². The zero-order valence-electron chi connectivity index (χ0n) is 17.7. The van der Waals surface area contributed by atoms with E-state index in [9.17, 15) is 18.0 Å². The predicted octanol–water partition coefficient (Wildman–Crippen LogP) is 4.84. The average Bonchev–Trinajstić information content (AvgIpc) is 3.07.